The average Bonchev–Trinajstić information content (AvgIpc) is 2.79. The van der Waals surface area contributed by atoms with Gasteiger partial charge < -0.3 is 5.32 Å². The van der Waals surface area contributed by atoms with Gasteiger partial charge in [0.05, 0.1) is 0 Å². The van der Waals surface area contributed by atoms with Gasteiger partial charge in [0.25, 0.3) is 0 Å². The van der Waals surface area contributed by atoms with Crippen molar-refractivity contribution in [1.29, 1.82) is 0 Å². The third-order valence-electron chi connectivity index (χ3n) is 5.41. The van der Waals surface area contributed by atoms with E-state index in [4.69, 9.17) is 0 Å². The van der Waals surface area contributed by atoms with E-state index < -0.39 is 0 Å². The van der Waals surface area contributed by atoms with Crippen LogP contribution in [0.1, 0.15) is 61.4 Å². The zero-order valence-electron chi connectivity index (χ0n) is 18.6. The predicted octanol–water partition coefficient (Wildman–Crippen LogP) is 6.80. The highest BCUT2D eigenvalue weighted by molar-refractivity contribution is 5.43. The van der Waals surface area contributed by atoms with E-state index in [2.05, 4.69) is 112 Å². The maximum atomic E-state index is 3.11. The molecule has 3 aromatic rings. The number of benzene rings is 3. The standard InChI is InChI=1S/C24H26.C4H11N/c1-3-20-14-8-10-16-22(20)24(18-19-12-6-5-7-13-19)23-17-11-9-15-21(23)4-2;1-3-5-4-2/h5-17,24H,3-4,18H2,1-2H3;5H,3-4H2,1-2H3. The van der Waals surface area contributed by atoms with Gasteiger partial charge in [-0.05, 0) is 60.2 Å². The number of hydrogen-bond acceptors (Lipinski definition) is 1. The van der Waals surface area contributed by atoms with Crippen molar-refractivity contribution in [3.8, 4) is 0 Å². The van der Waals surface area contributed by atoms with Crippen molar-refractivity contribution in [3.63, 3.8) is 0 Å². The third-order valence-corrected chi connectivity index (χ3v) is 5.41. The molecule has 0 radical (unpaired) electrons. The van der Waals surface area contributed by atoms with Crippen LogP contribution in [0, 0.1) is 0 Å². The molecule has 0 fully saturated rings. The molecule has 0 unspecified atom stereocenters. The summed E-state index contributed by atoms with van der Waals surface area (Å²) < 4.78 is 0. The molecule has 1 N–H and O–H groups in total. The van der Waals surface area contributed by atoms with Crippen molar-refractivity contribution in [2.75, 3.05) is 13.1 Å². The van der Waals surface area contributed by atoms with Crippen molar-refractivity contribution in [2.24, 2.45) is 0 Å². The molecule has 0 spiro atoms. The monoisotopic (exact) mass is 387 g/mol. The molecule has 1 nitrogen and oxygen atoms in total. The highest BCUT2D eigenvalue weighted by Gasteiger charge is 2.19. The maximum absolute atomic E-state index is 3.11. The van der Waals surface area contributed by atoms with Crippen LogP contribution in [0.25, 0.3) is 0 Å². The lowest BCUT2D eigenvalue weighted by atomic mass is 9.81. The van der Waals surface area contributed by atoms with Gasteiger partial charge in [-0.3, -0.25) is 0 Å². The fourth-order valence-corrected chi connectivity index (χ4v) is 3.88. The normalized spacial score (nSPS) is 10.5. The molecule has 0 saturated carbocycles. The number of hydrogen-bond donors (Lipinski definition) is 1. The summed E-state index contributed by atoms with van der Waals surface area (Å²) in [5, 5.41) is 3.11. The highest BCUT2D eigenvalue weighted by atomic mass is 14.8. The van der Waals surface area contributed by atoms with Gasteiger partial charge in [0, 0.05) is 5.92 Å². The van der Waals surface area contributed by atoms with Crippen LogP contribution in [0.15, 0.2) is 78.9 Å². The van der Waals surface area contributed by atoms with Crippen molar-refractivity contribution < 1.29 is 0 Å². The molecule has 0 heterocycles. The first kappa shape index (κ1) is 22.9. The van der Waals surface area contributed by atoms with Crippen LogP contribution >= 0.6 is 0 Å². The van der Waals surface area contributed by atoms with Gasteiger partial charge in [-0.1, -0.05) is 107 Å². The molecule has 0 aromatic heterocycles. The summed E-state index contributed by atoms with van der Waals surface area (Å²) >= 11 is 0. The largest absolute Gasteiger partial charge is 0.317 e. The molecule has 0 saturated heterocycles. The quantitative estimate of drug-likeness (QED) is 0.448. The van der Waals surface area contributed by atoms with Gasteiger partial charge in [-0.2, -0.15) is 0 Å². The minimum atomic E-state index is 0.416. The smallest absolute Gasteiger partial charge is 0.0135 e. The summed E-state index contributed by atoms with van der Waals surface area (Å²) in [6.07, 6.45) is 3.21. The second-order valence-electron chi connectivity index (χ2n) is 7.30. The zero-order chi connectivity index (χ0) is 20.9. The summed E-state index contributed by atoms with van der Waals surface area (Å²) in [7, 11) is 0. The Hall–Kier alpha value is -2.38. The lowest BCUT2D eigenvalue weighted by molar-refractivity contribution is 0.762. The fraction of sp³-hybridized carbons (Fsp3) is 0.357. The van der Waals surface area contributed by atoms with Crippen LogP contribution in [-0.4, -0.2) is 13.1 Å². The summed E-state index contributed by atoms with van der Waals surface area (Å²) in [5.41, 5.74) is 7.28. The number of aryl methyl sites for hydroxylation is 2. The van der Waals surface area contributed by atoms with Crippen molar-refractivity contribution in [1.82, 2.24) is 5.32 Å². The maximum Gasteiger partial charge on any atom is 0.0135 e. The van der Waals surface area contributed by atoms with Crippen LogP contribution in [0.5, 0.6) is 0 Å². The third kappa shape index (κ3) is 6.87. The SMILES string of the molecule is CCNCC.CCc1ccccc1C(Cc1ccccc1)c1ccccc1CC. The highest BCUT2D eigenvalue weighted by Crippen LogP contribution is 2.33. The Labute approximate surface area is 178 Å². The second-order valence-corrected chi connectivity index (χ2v) is 7.30. The first-order chi connectivity index (χ1) is 14.2. The molecule has 3 rings (SSSR count). The van der Waals surface area contributed by atoms with E-state index in [0.29, 0.717) is 5.92 Å². The van der Waals surface area contributed by atoms with Crippen molar-refractivity contribution in [3.05, 3.63) is 107 Å². The zero-order valence-corrected chi connectivity index (χ0v) is 18.6. The second kappa shape index (κ2) is 13.0. The Bertz CT molecular complexity index is 773. The summed E-state index contributed by atoms with van der Waals surface area (Å²) in [6.45, 7) is 10.9. The molecule has 29 heavy (non-hydrogen) atoms. The first-order valence-electron chi connectivity index (χ1n) is 11.1. The Kier molecular flexibility index (Phi) is 10.2. The van der Waals surface area contributed by atoms with Crippen LogP contribution in [-0.2, 0) is 19.3 Å². The Balaban J connectivity index is 0.000000537. The summed E-state index contributed by atoms with van der Waals surface area (Å²) in [5.74, 6) is 0.416. The van der Waals surface area contributed by atoms with Gasteiger partial charge in [0.15, 0.2) is 0 Å². The number of rotatable bonds is 8. The molecule has 1 heteroatoms. The molecule has 0 aliphatic carbocycles. The molecular weight excluding hydrogens is 350 g/mol. The van der Waals surface area contributed by atoms with Gasteiger partial charge in [-0.15, -0.1) is 0 Å². The minimum Gasteiger partial charge on any atom is -0.317 e. The van der Waals surface area contributed by atoms with E-state index in [-0.39, 0.29) is 0 Å². The minimum absolute atomic E-state index is 0.416. The Morgan fingerprint density at radius 3 is 1.45 bits per heavy atom. The molecule has 0 amide bonds. The van der Waals surface area contributed by atoms with E-state index >= 15 is 0 Å². The molecule has 0 aliphatic heterocycles. The van der Waals surface area contributed by atoms with E-state index in [1.807, 2.05) is 0 Å². The Morgan fingerprint density at radius 1 is 0.586 bits per heavy atom. The van der Waals surface area contributed by atoms with E-state index in [1.165, 1.54) is 27.8 Å². The fourth-order valence-electron chi connectivity index (χ4n) is 3.88. The lowest BCUT2D eigenvalue weighted by Crippen LogP contribution is -2.10. The van der Waals surface area contributed by atoms with Gasteiger partial charge >= 0.3 is 0 Å². The lowest BCUT2D eigenvalue weighted by Gasteiger charge is -2.23. The van der Waals surface area contributed by atoms with E-state index in [0.717, 1.165) is 32.4 Å². The molecule has 3 aromatic carbocycles. The van der Waals surface area contributed by atoms with Gasteiger partial charge in [-0.25, -0.2) is 0 Å². The van der Waals surface area contributed by atoms with E-state index in [9.17, 15) is 0 Å². The molecule has 0 atom stereocenters. The van der Waals surface area contributed by atoms with Crippen LogP contribution < -0.4 is 5.32 Å². The Morgan fingerprint density at radius 2 is 1.03 bits per heavy atom. The van der Waals surface area contributed by atoms with Crippen molar-refractivity contribution >= 4 is 0 Å². The first-order valence-corrected chi connectivity index (χ1v) is 11.1. The van der Waals surface area contributed by atoms with Gasteiger partial charge in [0.2, 0.25) is 0 Å². The predicted molar refractivity (Wildman–Crippen MR) is 128 cm³/mol. The van der Waals surface area contributed by atoms with Crippen LogP contribution in [0.3, 0.4) is 0 Å². The molecule has 154 valence electrons. The molecule has 0 aliphatic rings. The van der Waals surface area contributed by atoms with Crippen molar-refractivity contribution in [2.45, 2.75) is 52.9 Å². The van der Waals surface area contributed by atoms with Crippen LogP contribution in [0.2, 0.25) is 0 Å². The number of nitrogens with one attached hydrogen (secondary N) is 1. The molecular formula is C28H37N. The summed E-state index contributed by atoms with van der Waals surface area (Å²) in [4.78, 5) is 0. The molecule has 0 bridgehead atoms. The van der Waals surface area contributed by atoms with Gasteiger partial charge in [0.1, 0.15) is 0 Å². The topological polar surface area (TPSA) is 12.0 Å². The summed E-state index contributed by atoms with van der Waals surface area (Å²) in [6, 6.07) is 28.8. The van der Waals surface area contributed by atoms with E-state index in [1.54, 1.807) is 0 Å². The average molecular weight is 388 g/mol. The van der Waals surface area contributed by atoms with Crippen LogP contribution in [0.4, 0.5) is 0 Å².